The van der Waals surface area contributed by atoms with Crippen molar-refractivity contribution in [1.29, 1.82) is 0 Å². The number of aromatic nitrogens is 1. The summed E-state index contributed by atoms with van der Waals surface area (Å²) in [6.45, 7) is 0. The molecule has 1 heterocycles. The summed E-state index contributed by atoms with van der Waals surface area (Å²) in [4.78, 5) is 14.9. The number of hydrogen-bond acceptors (Lipinski definition) is 3. The van der Waals surface area contributed by atoms with Crippen LogP contribution < -0.4 is 5.32 Å². The van der Waals surface area contributed by atoms with Crippen LogP contribution >= 0.6 is 11.3 Å². The van der Waals surface area contributed by atoms with Crippen LogP contribution in [0.3, 0.4) is 0 Å². The summed E-state index contributed by atoms with van der Waals surface area (Å²) in [7, 11) is 1.59. The molecule has 0 saturated heterocycles. The van der Waals surface area contributed by atoms with Gasteiger partial charge < -0.3 is 5.32 Å². The van der Waals surface area contributed by atoms with Crippen LogP contribution in [0.2, 0.25) is 0 Å². The van der Waals surface area contributed by atoms with Crippen molar-refractivity contribution in [3.8, 4) is 0 Å². The van der Waals surface area contributed by atoms with Crippen molar-refractivity contribution in [2.24, 2.45) is 0 Å². The number of hydrogen-bond donors (Lipinski definition) is 1. The van der Waals surface area contributed by atoms with Crippen LogP contribution in [-0.4, -0.2) is 17.9 Å². The molecule has 0 bridgehead atoms. The number of carbonyl (C=O) groups is 1. The molecule has 9 heavy (non-hydrogen) atoms. The maximum Gasteiger partial charge on any atom is 0.262 e. The third-order valence-corrected chi connectivity index (χ3v) is 1.55. The van der Waals surface area contributed by atoms with Crippen LogP contribution in [0.15, 0.2) is 6.20 Å². The highest BCUT2D eigenvalue weighted by Gasteiger charge is 2.02. The van der Waals surface area contributed by atoms with Crippen molar-refractivity contribution in [3.63, 3.8) is 0 Å². The highest BCUT2D eigenvalue weighted by molar-refractivity contribution is 7.11. The van der Waals surface area contributed by atoms with E-state index in [1.807, 2.05) is 0 Å². The van der Waals surface area contributed by atoms with Crippen molar-refractivity contribution in [3.05, 3.63) is 16.6 Å². The molecule has 47 valence electrons. The number of amides is 1. The number of nitrogens with one attached hydrogen (secondary N) is 1. The molecule has 0 aliphatic rings. The van der Waals surface area contributed by atoms with E-state index in [1.165, 1.54) is 17.5 Å². The van der Waals surface area contributed by atoms with E-state index in [9.17, 15) is 4.79 Å². The lowest BCUT2D eigenvalue weighted by atomic mass is 10.5. The van der Waals surface area contributed by atoms with Gasteiger partial charge in [0.15, 0.2) is 5.51 Å². The normalized spacial score (nSPS) is 9.00. The lowest BCUT2D eigenvalue weighted by Gasteiger charge is -1.89. The molecule has 0 atom stereocenters. The van der Waals surface area contributed by atoms with E-state index in [1.54, 1.807) is 7.05 Å². The fourth-order valence-corrected chi connectivity index (χ4v) is 0.919. The Balaban J connectivity index is 2.77. The largest absolute Gasteiger partial charge is 0.354 e. The number of nitrogens with zero attached hydrogens (tertiary/aromatic N) is 1. The Labute approximate surface area is 56.7 Å². The predicted octanol–water partition coefficient (Wildman–Crippen LogP) is 0.303. The molecule has 0 aliphatic heterocycles. The molecule has 0 aliphatic carbocycles. The molecule has 1 aromatic rings. The van der Waals surface area contributed by atoms with Gasteiger partial charge in [0.25, 0.3) is 5.91 Å². The van der Waals surface area contributed by atoms with Crippen molar-refractivity contribution in [1.82, 2.24) is 10.3 Å². The Bertz CT molecular complexity index is 195. The third-order valence-electron chi connectivity index (χ3n) is 0.841. The van der Waals surface area contributed by atoms with E-state index < -0.39 is 0 Å². The average Bonchev–Trinajstić information content (AvgIpc) is 2.37. The minimum atomic E-state index is -0.103. The van der Waals surface area contributed by atoms with E-state index >= 15 is 0 Å². The molecule has 3 nitrogen and oxygen atoms in total. The summed E-state index contributed by atoms with van der Waals surface area (Å²) in [5, 5.41) is 2.48. The maximum absolute atomic E-state index is 10.7. The van der Waals surface area contributed by atoms with E-state index in [4.69, 9.17) is 0 Å². The van der Waals surface area contributed by atoms with Gasteiger partial charge in [-0.3, -0.25) is 4.79 Å². The number of carbonyl (C=O) groups excluding carboxylic acids is 1. The smallest absolute Gasteiger partial charge is 0.262 e. The fourth-order valence-electron chi connectivity index (χ4n) is 0.415. The van der Waals surface area contributed by atoms with Gasteiger partial charge in [0, 0.05) is 7.05 Å². The lowest BCUT2D eigenvalue weighted by Crippen LogP contribution is -2.15. The van der Waals surface area contributed by atoms with Gasteiger partial charge in [-0.05, 0) is 0 Å². The van der Waals surface area contributed by atoms with E-state index in [2.05, 4.69) is 15.8 Å². The molecular formula is C5H5N2OS. The van der Waals surface area contributed by atoms with Crippen molar-refractivity contribution < 1.29 is 4.79 Å². The van der Waals surface area contributed by atoms with Crippen LogP contribution in [0.1, 0.15) is 9.67 Å². The van der Waals surface area contributed by atoms with E-state index in [0.29, 0.717) is 4.88 Å². The summed E-state index contributed by atoms with van der Waals surface area (Å²) < 4.78 is 0. The monoisotopic (exact) mass is 141 g/mol. The summed E-state index contributed by atoms with van der Waals surface area (Å²) >= 11 is 1.21. The molecule has 0 saturated carbocycles. The minimum Gasteiger partial charge on any atom is -0.354 e. The fraction of sp³-hybridized carbons (Fsp3) is 0.200. The van der Waals surface area contributed by atoms with Crippen molar-refractivity contribution >= 4 is 17.2 Å². The molecule has 0 fully saturated rings. The van der Waals surface area contributed by atoms with Gasteiger partial charge in [-0.2, -0.15) is 0 Å². The van der Waals surface area contributed by atoms with Gasteiger partial charge in [-0.25, -0.2) is 4.98 Å². The van der Waals surface area contributed by atoms with Crippen LogP contribution in [-0.2, 0) is 0 Å². The molecule has 1 amide bonds. The molecule has 1 rings (SSSR count). The number of rotatable bonds is 1. The Morgan fingerprint density at radius 1 is 2.00 bits per heavy atom. The second-order valence-corrected chi connectivity index (χ2v) is 2.22. The predicted molar refractivity (Wildman–Crippen MR) is 34.3 cm³/mol. The highest BCUT2D eigenvalue weighted by atomic mass is 32.1. The molecule has 4 heteroatoms. The number of thiazole rings is 1. The van der Waals surface area contributed by atoms with Crippen LogP contribution in [0.4, 0.5) is 0 Å². The first-order valence-electron chi connectivity index (χ1n) is 2.38. The maximum atomic E-state index is 10.7. The first-order chi connectivity index (χ1) is 4.34. The quantitative estimate of drug-likeness (QED) is 0.611. The van der Waals surface area contributed by atoms with Gasteiger partial charge in [-0.1, -0.05) is 0 Å². The van der Waals surface area contributed by atoms with Crippen molar-refractivity contribution in [2.75, 3.05) is 7.05 Å². The Hall–Kier alpha value is -0.900. The first-order valence-corrected chi connectivity index (χ1v) is 3.20. The average molecular weight is 141 g/mol. The molecule has 1 aromatic heterocycles. The van der Waals surface area contributed by atoms with E-state index in [0.717, 1.165) is 0 Å². The Morgan fingerprint density at radius 3 is 3.22 bits per heavy atom. The van der Waals surface area contributed by atoms with Crippen LogP contribution in [0.25, 0.3) is 0 Å². The lowest BCUT2D eigenvalue weighted by molar-refractivity contribution is 0.0967. The van der Waals surface area contributed by atoms with E-state index in [-0.39, 0.29) is 5.91 Å². The van der Waals surface area contributed by atoms with Crippen molar-refractivity contribution in [2.45, 2.75) is 0 Å². The molecule has 0 spiro atoms. The zero-order valence-electron chi connectivity index (χ0n) is 4.84. The van der Waals surface area contributed by atoms with Gasteiger partial charge >= 0.3 is 0 Å². The molecule has 0 aromatic carbocycles. The summed E-state index contributed by atoms with van der Waals surface area (Å²) in [5.74, 6) is -0.103. The van der Waals surface area contributed by atoms with Gasteiger partial charge in [0.1, 0.15) is 4.88 Å². The second-order valence-electron chi connectivity index (χ2n) is 1.39. The SMILES string of the molecule is CNC(=O)c1cn[c]s1. The summed E-state index contributed by atoms with van der Waals surface area (Å²) in [6.07, 6.45) is 1.49. The minimum absolute atomic E-state index is 0.103. The molecule has 0 unspecified atom stereocenters. The van der Waals surface area contributed by atoms with Crippen LogP contribution in [0, 0.1) is 5.51 Å². The standard InChI is InChI=1S/C5H5N2OS/c1-6-5(8)4-2-7-3-9-4/h2H,1H3,(H,6,8). The zero-order valence-corrected chi connectivity index (χ0v) is 5.66. The Morgan fingerprint density at radius 2 is 2.78 bits per heavy atom. The molecule has 1 N–H and O–H groups in total. The van der Waals surface area contributed by atoms with Crippen LogP contribution in [0.5, 0.6) is 0 Å². The van der Waals surface area contributed by atoms with Gasteiger partial charge in [-0.15, -0.1) is 11.3 Å². The molecular weight excluding hydrogens is 136 g/mol. The first kappa shape index (κ1) is 6.22. The Kier molecular flexibility index (Phi) is 1.79. The topological polar surface area (TPSA) is 42.0 Å². The summed E-state index contributed by atoms with van der Waals surface area (Å²) in [5.41, 5.74) is 2.58. The van der Waals surface area contributed by atoms with Gasteiger partial charge in [0.05, 0.1) is 6.20 Å². The molecule has 1 radical (unpaired) electrons. The second kappa shape index (κ2) is 2.59. The van der Waals surface area contributed by atoms with Gasteiger partial charge in [0.2, 0.25) is 0 Å². The highest BCUT2D eigenvalue weighted by Crippen LogP contribution is 2.02. The summed E-state index contributed by atoms with van der Waals surface area (Å²) in [6, 6.07) is 0. The zero-order chi connectivity index (χ0) is 6.69. The third kappa shape index (κ3) is 1.26.